The molecule has 0 saturated heterocycles. The number of fused-ring (bicyclic) bond motifs is 1. The number of hydrogen-bond donors (Lipinski definition) is 1. The monoisotopic (exact) mass is 299 g/mol. The number of thiazole rings is 1. The summed E-state index contributed by atoms with van der Waals surface area (Å²) in [6.07, 6.45) is 0. The van der Waals surface area contributed by atoms with E-state index in [-0.39, 0.29) is 9.75 Å². The van der Waals surface area contributed by atoms with E-state index in [1.807, 2.05) is 42.5 Å². The first kappa shape index (κ1) is 13.6. The van der Waals surface area contributed by atoms with Gasteiger partial charge in [0.2, 0.25) is 0 Å². The fourth-order valence-electron chi connectivity index (χ4n) is 2.46. The second kappa shape index (κ2) is 5.18. The zero-order chi connectivity index (χ0) is 15.0. The van der Waals surface area contributed by atoms with Crippen LogP contribution in [0.3, 0.4) is 0 Å². The van der Waals surface area contributed by atoms with Crippen molar-refractivity contribution in [3.8, 4) is 0 Å². The SMILES string of the molecule is Cc1c(C(=O)O)sc(=O)n1Cc1cccc2ccccc12. The average molecular weight is 299 g/mol. The third-order valence-corrected chi connectivity index (χ3v) is 4.62. The summed E-state index contributed by atoms with van der Waals surface area (Å²) in [5.74, 6) is -1.05. The van der Waals surface area contributed by atoms with E-state index in [1.54, 1.807) is 6.92 Å². The molecule has 3 rings (SSSR count). The molecule has 106 valence electrons. The molecular weight excluding hydrogens is 286 g/mol. The molecule has 0 aliphatic carbocycles. The van der Waals surface area contributed by atoms with E-state index in [0.717, 1.165) is 27.7 Å². The molecule has 4 nitrogen and oxygen atoms in total. The van der Waals surface area contributed by atoms with Crippen molar-refractivity contribution in [1.82, 2.24) is 4.57 Å². The van der Waals surface area contributed by atoms with Crippen LogP contribution in [-0.2, 0) is 6.54 Å². The maximum atomic E-state index is 12.0. The maximum Gasteiger partial charge on any atom is 0.347 e. The Labute approximate surface area is 124 Å². The van der Waals surface area contributed by atoms with Crippen LogP contribution in [0.15, 0.2) is 47.3 Å². The lowest BCUT2D eigenvalue weighted by atomic mass is 10.0. The first-order valence-electron chi connectivity index (χ1n) is 6.48. The van der Waals surface area contributed by atoms with Gasteiger partial charge >= 0.3 is 10.8 Å². The average Bonchev–Trinajstić information content (AvgIpc) is 2.76. The zero-order valence-electron chi connectivity index (χ0n) is 11.4. The molecule has 21 heavy (non-hydrogen) atoms. The van der Waals surface area contributed by atoms with E-state index in [2.05, 4.69) is 0 Å². The quantitative estimate of drug-likeness (QED) is 0.808. The fraction of sp³-hybridized carbons (Fsp3) is 0.125. The Balaban J connectivity index is 2.12. The summed E-state index contributed by atoms with van der Waals surface area (Å²) >= 11 is 0.782. The maximum absolute atomic E-state index is 12.0. The number of carboxylic acids is 1. The van der Waals surface area contributed by atoms with Crippen molar-refractivity contribution >= 4 is 28.1 Å². The van der Waals surface area contributed by atoms with Gasteiger partial charge in [-0.25, -0.2) is 4.79 Å². The lowest BCUT2D eigenvalue weighted by molar-refractivity contribution is 0.0701. The molecule has 0 amide bonds. The molecule has 2 aromatic carbocycles. The van der Waals surface area contributed by atoms with Gasteiger partial charge in [0.15, 0.2) is 0 Å². The van der Waals surface area contributed by atoms with Gasteiger partial charge in [-0.2, -0.15) is 0 Å². The van der Waals surface area contributed by atoms with E-state index >= 15 is 0 Å². The van der Waals surface area contributed by atoms with Crippen molar-refractivity contribution in [1.29, 1.82) is 0 Å². The van der Waals surface area contributed by atoms with E-state index < -0.39 is 5.97 Å². The van der Waals surface area contributed by atoms with Crippen LogP contribution in [0.1, 0.15) is 20.9 Å². The lowest BCUT2D eigenvalue weighted by Crippen LogP contribution is -2.15. The number of aromatic nitrogens is 1. The first-order chi connectivity index (χ1) is 10.1. The van der Waals surface area contributed by atoms with Gasteiger partial charge < -0.3 is 5.11 Å². The Morgan fingerprint density at radius 1 is 1.19 bits per heavy atom. The van der Waals surface area contributed by atoms with Crippen molar-refractivity contribution in [3.05, 3.63) is 68.3 Å². The van der Waals surface area contributed by atoms with Crippen molar-refractivity contribution in [2.45, 2.75) is 13.5 Å². The van der Waals surface area contributed by atoms with Gasteiger partial charge in [0.05, 0.1) is 6.54 Å². The third-order valence-electron chi connectivity index (χ3n) is 3.55. The fourth-order valence-corrected chi connectivity index (χ4v) is 3.29. The van der Waals surface area contributed by atoms with Crippen LogP contribution in [0.4, 0.5) is 0 Å². The van der Waals surface area contributed by atoms with Gasteiger partial charge in [0.1, 0.15) is 4.88 Å². The highest BCUT2D eigenvalue weighted by atomic mass is 32.1. The van der Waals surface area contributed by atoms with Crippen LogP contribution in [0.5, 0.6) is 0 Å². The van der Waals surface area contributed by atoms with Crippen LogP contribution in [0.2, 0.25) is 0 Å². The molecule has 1 heterocycles. The Kier molecular flexibility index (Phi) is 3.35. The number of rotatable bonds is 3. The molecule has 0 saturated carbocycles. The Morgan fingerprint density at radius 3 is 2.62 bits per heavy atom. The largest absolute Gasteiger partial charge is 0.477 e. The molecule has 1 aromatic heterocycles. The topological polar surface area (TPSA) is 59.3 Å². The lowest BCUT2D eigenvalue weighted by Gasteiger charge is -2.08. The van der Waals surface area contributed by atoms with E-state index in [4.69, 9.17) is 5.11 Å². The Morgan fingerprint density at radius 2 is 1.90 bits per heavy atom. The van der Waals surface area contributed by atoms with Crippen molar-refractivity contribution in [2.75, 3.05) is 0 Å². The zero-order valence-corrected chi connectivity index (χ0v) is 12.2. The molecule has 0 aliphatic heterocycles. The van der Waals surface area contributed by atoms with E-state index in [1.165, 1.54) is 4.57 Å². The minimum atomic E-state index is -1.05. The molecule has 3 aromatic rings. The normalized spacial score (nSPS) is 10.9. The number of aromatic carboxylic acids is 1. The highest BCUT2D eigenvalue weighted by Crippen LogP contribution is 2.20. The Bertz CT molecular complexity index is 887. The van der Waals surface area contributed by atoms with Crippen LogP contribution >= 0.6 is 11.3 Å². The van der Waals surface area contributed by atoms with Crippen molar-refractivity contribution in [3.63, 3.8) is 0 Å². The molecule has 0 spiro atoms. The number of nitrogens with zero attached hydrogens (tertiary/aromatic N) is 1. The molecule has 1 N–H and O–H groups in total. The van der Waals surface area contributed by atoms with Crippen molar-refractivity contribution in [2.24, 2.45) is 0 Å². The van der Waals surface area contributed by atoms with E-state index in [0.29, 0.717) is 12.2 Å². The van der Waals surface area contributed by atoms with Gasteiger partial charge in [-0.15, -0.1) is 0 Å². The summed E-state index contributed by atoms with van der Waals surface area (Å²) in [7, 11) is 0. The summed E-state index contributed by atoms with van der Waals surface area (Å²) in [4.78, 5) is 23.0. The van der Waals surface area contributed by atoms with Crippen LogP contribution in [0, 0.1) is 6.92 Å². The standard InChI is InChI=1S/C16H13NO3S/c1-10-14(15(18)19)21-16(20)17(10)9-12-7-4-6-11-5-2-3-8-13(11)12/h2-8H,9H2,1H3,(H,18,19). The highest BCUT2D eigenvalue weighted by molar-refractivity contribution is 7.11. The molecule has 0 atom stereocenters. The molecule has 0 bridgehead atoms. The number of carbonyl (C=O) groups is 1. The van der Waals surface area contributed by atoms with Gasteiger partial charge in [0, 0.05) is 5.69 Å². The van der Waals surface area contributed by atoms with Gasteiger partial charge in [0.25, 0.3) is 0 Å². The predicted octanol–water partition coefficient (Wildman–Crippen LogP) is 3.12. The highest BCUT2D eigenvalue weighted by Gasteiger charge is 2.17. The second-order valence-electron chi connectivity index (χ2n) is 4.81. The van der Waals surface area contributed by atoms with Gasteiger partial charge in [-0.05, 0) is 23.3 Å². The molecule has 5 heteroatoms. The minimum Gasteiger partial charge on any atom is -0.477 e. The number of hydrogen-bond acceptors (Lipinski definition) is 3. The summed E-state index contributed by atoms with van der Waals surface area (Å²) in [5.41, 5.74) is 1.51. The van der Waals surface area contributed by atoms with Crippen LogP contribution in [0.25, 0.3) is 10.8 Å². The second-order valence-corrected chi connectivity index (χ2v) is 5.77. The number of carboxylic acid groups (broad SMARTS) is 1. The molecule has 0 aliphatic rings. The van der Waals surface area contributed by atoms with Crippen molar-refractivity contribution < 1.29 is 9.90 Å². The molecule has 0 radical (unpaired) electrons. The molecule has 0 fully saturated rings. The first-order valence-corrected chi connectivity index (χ1v) is 7.29. The van der Waals surface area contributed by atoms with Crippen LogP contribution < -0.4 is 4.87 Å². The predicted molar refractivity (Wildman–Crippen MR) is 83.3 cm³/mol. The summed E-state index contributed by atoms with van der Waals surface area (Å²) in [6.45, 7) is 2.06. The van der Waals surface area contributed by atoms with Gasteiger partial charge in [-0.1, -0.05) is 53.8 Å². The summed E-state index contributed by atoms with van der Waals surface area (Å²) < 4.78 is 1.52. The molecule has 0 unspecified atom stereocenters. The minimum absolute atomic E-state index is 0.111. The van der Waals surface area contributed by atoms with Gasteiger partial charge in [-0.3, -0.25) is 9.36 Å². The van der Waals surface area contributed by atoms with Crippen LogP contribution in [-0.4, -0.2) is 15.6 Å². The summed E-state index contributed by atoms with van der Waals surface area (Å²) in [5, 5.41) is 11.3. The smallest absolute Gasteiger partial charge is 0.347 e. The summed E-state index contributed by atoms with van der Waals surface area (Å²) in [6, 6.07) is 13.9. The number of benzene rings is 2. The van der Waals surface area contributed by atoms with E-state index in [9.17, 15) is 9.59 Å². The Hall–Kier alpha value is -2.40. The third kappa shape index (κ3) is 2.36. The molecular formula is C16H13NO3S.